The van der Waals surface area contributed by atoms with Gasteiger partial charge in [-0.25, -0.2) is 0 Å². The number of nitrogens with zero attached hydrogens (tertiary/aromatic N) is 2. The highest BCUT2D eigenvalue weighted by molar-refractivity contribution is 5.20. The first-order chi connectivity index (χ1) is 10.2. The van der Waals surface area contributed by atoms with E-state index in [0.29, 0.717) is 12.1 Å². The van der Waals surface area contributed by atoms with E-state index in [9.17, 15) is 0 Å². The van der Waals surface area contributed by atoms with E-state index in [4.69, 9.17) is 0 Å². The highest BCUT2D eigenvalue weighted by atomic mass is 15.2. The van der Waals surface area contributed by atoms with Crippen LogP contribution in [-0.2, 0) is 6.54 Å². The maximum atomic E-state index is 4.42. The van der Waals surface area contributed by atoms with Crippen molar-refractivity contribution < 1.29 is 0 Å². The first-order valence-corrected chi connectivity index (χ1v) is 7.61. The molecule has 21 heavy (non-hydrogen) atoms. The van der Waals surface area contributed by atoms with Crippen LogP contribution in [0.25, 0.3) is 0 Å². The first kappa shape index (κ1) is 15.7. The van der Waals surface area contributed by atoms with Gasteiger partial charge in [-0.2, -0.15) is 0 Å². The average molecular weight is 283 g/mol. The normalized spacial score (nSPS) is 14.1. The van der Waals surface area contributed by atoms with Crippen LogP contribution >= 0.6 is 0 Å². The van der Waals surface area contributed by atoms with Crippen LogP contribution in [0.4, 0.5) is 0 Å². The van der Waals surface area contributed by atoms with Gasteiger partial charge >= 0.3 is 0 Å². The fraction of sp³-hybridized carbons (Fsp3) is 0.389. The van der Waals surface area contributed by atoms with E-state index in [1.165, 1.54) is 5.56 Å². The second-order valence-electron chi connectivity index (χ2n) is 5.42. The Morgan fingerprint density at radius 1 is 1.10 bits per heavy atom. The molecule has 2 unspecified atom stereocenters. The van der Waals surface area contributed by atoms with Gasteiger partial charge in [0.25, 0.3) is 0 Å². The summed E-state index contributed by atoms with van der Waals surface area (Å²) in [6.07, 6.45) is 1.85. The van der Waals surface area contributed by atoms with E-state index in [-0.39, 0.29) is 0 Å². The van der Waals surface area contributed by atoms with E-state index in [1.807, 2.05) is 18.3 Å². The molecule has 0 aliphatic heterocycles. The minimum atomic E-state index is 0.324. The van der Waals surface area contributed by atoms with Gasteiger partial charge in [-0.1, -0.05) is 43.3 Å². The number of hydrogen-bond acceptors (Lipinski definition) is 3. The van der Waals surface area contributed by atoms with Crippen LogP contribution in [0.2, 0.25) is 0 Å². The Morgan fingerprint density at radius 2 is 1.81 bits per heavy atom. The Bertz CT molecular complexity index is 513. The second kappa shape index (κ2) is 7.91. The van der Waals surface area contributed by atoms with E-state index in [1.54, 1.807) is 0 Å². The minimum absolute atomic E-state index is 0.324. The van der Waals surface area contributed by atoms with Gasteiger partial charge in [-0.05, 0) is 38.2 Å². The van der Waals surface area contributed by atoms with Gasteiger partial charge in [0.05, 0.1) is 5.69 Å². The standard InChI is InChI=1S/C18H25N3/c1-4-19-18(16-10-6-5-7-11-16)15(2)21(3)14-17-12-8-9-13-20-17/h5-13,15,18-19H,4,14H2,1-3H3. The van der Waals surface area contributed by atoms with Crippen molar-refractivity contribution in [3.63, 3.8) is 0 Å². The van der Waals surface area contributed by atoms with E-state index >= 15 is 0 Å². The van der Waals surface area contributed by atoms with Crippen molar-refractivity contribution in [2.75, 3.05) is 13.6 Å². The van der Waals surface area contributed by atoms with E-state index in [0.717, 1.165) is 18.8 Å². The van der Waals surface area contributed by atoms with Gasteiger partial charge < -0.3 is 5.32 Å². The maximum Gasteiger partial charge on any atom is 0.0543 e. The molecular weight excluding hydrogens is 258 g/mol. The summed E-state index contributed by atoms with van der Waals surface area (Å²) in [5, 5.41) is 3.60. The second-order valence-corrected chi connectivity index (χ2v) is 5.42. The van der Waals surface area contributed by atoms with Gasteiger partial charge in [-0.15, -0.1) is 0 Å². The van der Waals surface area contributed by atoms with Crippen LogP contribution < -0.4 is 5.32 Å². The van der Waals surface area contributed by atoms with Crippen LogP contribution in [0.5, 0.6) is 0 Å². The molecule has 3 heteroatoms. The molecule has 0 aliphatic rings. The van der Waals surface area contributed by atoms with Crippen molar-refractivity contribution >= 4 is 0 Å². The van der Waals surface area contributed by atoms with Crippen LogP contribution in [0.15, 0.2) is 54.7 Å². The Morgan fingerprint density at radius 3 is 2.43 bits per heavy atom. The lowest BCUT2D eigenvalue weighted by Gasteiger charge is -2.32. The highest BCUT2D eigenvalue weighted by Gasteiger charge is 2.22. The molecule has 2 rings (SSSR count). The van der Waals surface area contributed by atoms with Crippen LogP contribution in [0, 0.1) is 0 Å². The third-order valence-electron chi connectivity index (χ3n) is 3.90. The molecule has 0 saturated heterocycles. The van der Waals surface area contributed by atoms with Gasteiger partial charge in [-0.3, -0.25) is 9.88 Å². The quantitative estimate of drug-likeness (QED) is 0.845. The summed E-state index contributed by atoms with van der Waals surface area (Å²) >= 11 is 0. The summed E-state index contributed by atoms with van der Waals surface area (Å²) in [5.41, 5.74) is 2.44. The maximum absolute atomic E-state index is 4.42. The Hall–Kier alpha value is -1.71. The molecular formula is C18H25N3. The molecule has 0 saturated carbocycles. The molecule has 1 N–H and O–H groups in total. The lowest BCUT2D eigenvalue weighted by atomic mass is 9.99. The smallest absolute Gasteiger partial charge is 0.0543 e. The number of hydrogen-bond donors (Lipinski definition) is 1. The van der Waals surface area contributed by atoms with Gasteiger partial charge in [0.2, 0.25) is 0 Å². The van der Waals surface area contributed by atoms with Crippen LogP contribution in [0.3, 0.4) is 0 Å². The molecule has 1 aromatic heterocycles. The molecule has 0 radical (unpaired) electrons. The summed E-state index contributed by atoms with van der Waals surface area (Å²) in [4.78, 5) is 6.77. The van der Waals surface area contributed by atoms with E-state index in [2.05, 4.69) is 72.5 Å². The van der Waals surface area contributed by atoms with E-state index < -0.39 is 0 Å². The minimum Gasteiger partial charge on any atom is -0.309 e. The number of benzene rings is 1. The third kappa shape index (κ3) is 4.38. The molecule has 112 valence electrons. The number of nitrogens with one attached hydrogen (secondary N) is 1. The van der Waals surface area contributed by atoms with Gasteiger partial charge in [0, 0.05) is 24.8 Å². The zero-order valence-corrected chi connectivity index (χ0v) is 13.2. The summed E-state index contributed by atoms with van der Waals surface area (Å²) in [7, 11) is 2.16. The third-order valence-corrected chi connectivity index (χ3v) is 3.90. The fourth-order valence-electron chi connectivity index (χ4n) is 2.59. The molecule has 0 spiro atoms. The topological polar surface area (TPSA) is 28.2 Å². The Kier molecular flexibility index (Phi) is 5.90. The molecule has 2 atom stereocenters. The largest absolute Gasteiger partial charge is 0.309 e. The van der Waals surface area contributed by atoms with Crippen molar-refractivity contribution in [3.05, 3.63) is 66.0 Å². The zero-order chi connectivity index (χ0) is 15.1. The van der Waals surface area contributed by atoms with Crippen molar-refractivity contribution in [2.24, 2.45) is 0 Å². The Labute approximate surface area is 128 Å². The number of likely N-dealkylation sites (N-methyl/N-ethyl adjacent to an activating group) is 2. The van der Waals surface area contributed by atoms with Gasteiger partial charge in [0.1, 0.15) is 0 Å². The molecule has 0 amide bonds. The summed E-state index contributed by atoms with van der Waals surface area (Å²) in [5.74, 6) is 0. The van der Waals surface area contributed by atoms with Crippen molar-refractivity contribution in [2.45, 2.75) is 32.5 Å². The number of rotatable bonds is 7. The molecule has 0 aliphatic carbocycles. The van der Waals surface area contributed by atoms with Crippen molar-refractivity contribution in [3.8, 4) is 0 Å². The summed E-state index contributed by atoms with van der Waals surface area (Å²) in [6.45, 7) is 6.24. The number of aromatic nitrogens is 1. The molecule has 3 nitrogen and oxygen atoms in total. The molecule has 1 heterocycles. The van der Waals surface area contributed by atoms with Crippen molar-refractivity contribution in [1.29, 1.82) is 0 Å². The molecule has 0 fully saturated rings. The molecule has 0 bridgehead atoms. The molecule has 2 aromatic rings. The predicted octanol–water partition coefficient (Wildman–Crippen LogP) is 3.25. The fourth-order valence-corrected chi connectivity index (χ4v) is 2.59. The summed E-state index contributed by atoms with van der Waals surface area (Å²) < 4.78 is 0. The molecule has 1 aromatic carbocycles. The summed E-state index contributed by atoms with van der Waals surface area (Å²) in [6, 6.07) is 17.4. The lowest BCUT2D eigenvalue weighted by molar-refractivity contribution is 0.198. The average Bonchev–Trinajstić information content (AvgIpc) is 2.53. The SMILES string of the molecule is CCNC(c1ccccc1)C(C)N(C)Cc1ccccn1. The first-order valence-electron chi connectivity index (χ1n) is 7.61. The predicted molar refractivity (Wildman–Crippen MR) is 88.0 cm³/mol. The van der Waals surface area contributed by atoms with Crippen LogP contribution in [0.1, 0.15) is 31.1 Å². The highest BCUT2D eigenvalue weighted by Crippen LogP contribution is 2.21. The lowest BCUT2D eigenvalue weighted by Crippen LogP contribution is -2.40. The monoisotopic (exact) mass is 283 g/mol. The Balaban J connectivity index is 2.09. The van der Waals surface area contributed by atoms with Crippen molar-refractivity contribution in [1.82, 2.24) is 15.2 Å². The number of pyridine rings is 1. The van der Waals surface area contributed by atoms with Gasteiger partial charge in [0.15, 0.2) is 0 Å². The van der Waals surface area contributed by atoms with Crippen LogP contribution in [-0.4, -0.2) is 29.5 Å². The zero-order valence-electron chi connectivity index (χ0n) is 13.2.